The molecule has 6 nitrogen and oxygen atoms in total. The van der Waals surface area contributed by atoms with E-state index < -0.39 is 0 Å². The molecule has 33 heavy (non-hydrogen) atoms. The zero-order chi connectivity index (χ0) is 23.0. The Morgan fingerprint density at radius 2 is 1.85 bits per heavy atom. The van der Waals surface area contributed by atoms with E-state index >= 15 is 0 Å². The first kappa shape index (κ1) is 23.5. The van der Waals surface area contributed by atoms with E-state index in [1.54, 1.807) is 0 Å². The number of nitrogens with zero attached hydrogens (tertiary/aromatic N) is 3. The van der Waals surface area contributed by atoms with Gasteiger partial charge in [0.05, 0.1) is 29.2 Å². The van der Waals surface area contributed by atoms with Crippen molar-refractivity contribution >= 4 is 0 Å². The van der Waals surface area contributed by atoms with Crippen LogP contribution in [0.5, 0.6) is 11.6 Å². The highest BCUT2D eigenvalue weighted by Crippen LogP contribution is 2.32. The normalized spacial score (nSPS) is 16.9. The molecule has 2 aromatic carbocycles. The van der Waals surface area contributed by atoms with Gasteiger partial charge in [0.2, 0.25) is 5.88 Å². The predicted octanol–water partition coefficient (Wildman–Crippen LogP) is 4.98. The van der Waals surface area contributed by atoms with E-state index in [0.29, 0.717) is 13.1 Å². The van der Waals surface area contributed by atoms with Crippen molar-refractivity contribution in [2.75, 3.05) is 19.7 Å². The molecule has 2 atom stereocenters. The van der Waals surface area contributed by atoms with Crippen molar-refractivity contribution in [3.8, 4) is 17.3 Å². The fourth-order valence-electron chi connectivity index (χ4n) is 4.30. The first-order valence-corrected chi connectivity index (χ1v) is 12.1. The second-order valence-corrected chi connectivity index (χ2v) is 8.64. The molecule has 1 aliphatic heterocycles. The summed E-state index contributed by atoms with van der Waals surface area (Å²) in [6.45, 7) is 7.00. The summed E-state index contributed by atoms with van der Waals surface area (Å²) < 4.78 is 14.3. The third kappa shape index (κ3) is 6.02. The molecule has 1 aromatic heterocycles. The van der Waals surface area contributed by atoms with Gasteiger partial charge in [-0.2, -0.15) is 5.10 Å². The second-order valence-electron chi connectivity index (χ2n) is 8.64. The molecule has 0 radical (unpaired) electrons. The zero-order valence-electron chi connectivity index (χ0n) is 19.7. The number of aryl methyl sites for hydroxylation is 1. The smallest absolute Gasteiger partial charge is 0.227 e. The minimum Gasteiger partial charge on any atom is -0.439 e. The standard InChI is InChI=1S/C27H35N3O3/c1-3-22(31)18-29(19-24-16-11-17-32-24)20-25-26(4-2)28-30(21-12-7-5-8-13-21)27(25)33-23-14-9-6-10-15-23/h5-10,12-15,22,24,31H,3-4,11,16-20H2,1-2H3/t22-,24-/m1/s1. The lowest BCUT2D eigenvalue weighted by Crippen LogP contribution is -2.37. The molecule has 1 aliphatic rings. The lowest BCUT2D eigenvalue weighted by Gasteiger charge is -2.27. The molecule has 2 heterocycles. The largest absolute Gasteiger partial charge is 0.439 e. The lowest BCUT2D eigenvalue weighted by molar-refractivity contribution is 0.0451. The second kappa shape index (κ2) is 11.5. The number of hydrogen-bond acceptors (Lipinski definition) is 5. The van der Waals surface area contributed by atoms with Gasteiger partial charge in [-0.3, -0.25) is 4.90 Å². The van der Waals surface area contributed by atoms with Gasteiger partial charge in [0.25, 0.3) is 0 Å². The quantitative estimate of drug-likeness (QED) is 0.447. The molecule has 1 fully saturated rings. The van der Waals surface area contributed by atoms with Crippen LogP contribution in [0.4, 0.5) is 0 Å². The summed E-state index contributed by atoms with van der Waals surface area (Å²) in [4.78, 5) is 2.30. The first-order chi connectivity index (χ1) is 16.2. The highest BCUT2D eigenvalue weighted by Gasteiger charge is 2.26. The number of ether oxygens (including phenoxy) is 2. The minimum atomic E-state index is -0.376. The maximum Gasteiger partial charge on any atom is 0.227 e. The number of para-hydroxylation sites is 2. The molecule has 4 rings (SSSR count). The average molecular weight is 450 g/mol. The molecule has 0 bridgehead atoms. The third-order valence-electron chi connectivity index (χ3n) is 6.12. The van der Waals surface area contributed by atoms with Crippen molar-refractivity contribution in [3.63, 3.8) is 0 Å². The number of benzene rings is 2. The van der Waals surface area contributed by atoms with Crippen molar-refractivity contribution in [1.29, 1.82) is 0 Å². The molecular weight excluding hydrogens is 414 g/mol. The van der Waals surface area contributed by atoms with Gasteiger partial charge in [0.15, 0.2) is 0 Å². The SMILES string of the molecule is CCc1nn(-c2ccccc2)c(Oc2ccccc2)c1CN(C[C@H](O)CC)C[C@H]1CCCO1. The van der Waals surface area contributed by atoms with Crippen LogP contribution in [0.15, 0.2) is 60.7 Å². The zero-order valence-corrected chi connectivity index (χ0v) is 19.7. The van der Waals surface area contributed by atoms with Gasteiger partial charge in [-0.1, -0.05) is 50.2 Å². The summed E-state index contributed by atoms with van der Waals surface area (Å²) in [5.74, 6) is 1.50. The first-order valence-electron chi connectivity index (χ1n) is 12.1. The minimum absolute atomic E-state index is 0.210. The maximum atomic E-state index is 10.5. The topological polar surface area (TPSA) is 59.8 Å². The van der Waals surface area contributed by atoms with Crippen LogP contribution in [0.2, 0.25) is 0 Å². The molecule has 6 heteroatoms. The summed E-state index contributed by atoms with van der Waals surface area (Å²) in [6, 6.07) is 20.0. The van der Waals surface area contributed by atoms with E-state index in [4.69, 9.17) is 14.6 Å². The Labute approximate surface area is 196 Å². The number of aliphatic hydroxyl groups is 1. The predicted molar refractivity (Wildman–Crippen MR) is 130 cm³/mol. The van der Waals surface area contributed by atoms with E-state index in [-0.39, 0.29) is 12.2 Å². The molecule has 0 aliphatic carbocycles. The Bertz CT molecular complexity index is 985. The third-order valence-corrected chi connectivity index (χ3v) is 6.12. The number of hydrogen-bond donors (Lipinski definition) is 1. The van der Waals surface area contributed by atoms with Crippen LogP contribution in [-0.2, 0) is 17.7 Å². The molecule has 0 unspecified atom stereocenters. The van der Waals surface area contributed by atoms with Crippen molar-refractivity contribution in [3.05, 3.63) is 71.9 Å². The van der Waals surface area contributed by atoms with E-state index in [1.165, 1.54) is 0 Å². The average Bonchev–Trinajstić information content (AvgIpc) is 3.48. The molecule has 3 aromatic rings. The number of rotatable bonds is 11. The Balaban J connectivity index is 1.71. The van der Waals surface area contributed by atoms with Gasteiger partial charge in [-0.15, -0.1) is 0 Å². The molecule has 176 valence electrons. The van der Waals surface area contributed by atoms with Gasteiger partial charge in [-0.25, -0.2) is 4.68 Å². The molecular formula is C27H35N3O3. The summed E-state index contributed by atoms with van der Waals surface area (Å²) in [5, 5.41) is 15.4. The van der Waals surface area contributed by atoms with Crippen LogP contribution in [0.25, 0.3) is 5.69 Å². The summed E-state index contributed by atoms with van der Waals surface area (Å²) >= 11 is 0. The fraction of sp³-hybridized carbons (Fsp3) is 0.444. The Hall–Kier alpha value is -2.67. The fourth-order valence-corrected chi connectivity index (χ4v) is 4.30. The van der Waals surface area contributed by atoms with E-state index in [2.05, 4.69) is 11.8 Å². The van der Waals surface area contributed by atoms with Gasteiger partial charge in [0, 0.05) is 26.2 Å². The summed E-state index contributed by atoms with van der Waals surface area (Å²) in [6.07, 6.45) is 3.52. The Morgan fingerprint density at radius 1 is 1.12 bits per heavy atom. The molecule has 0 saturated carbocycles. The van der Waals surface area contributed by atoms with Gasteiger partial charge >= 0.3 is 0 Å². The van der Waals surface area contributed by atoms with Crippen molar-refractivity contribution in [2.45, 2.75) is 58.3 Å². The summed E-state index contributed by atoms with van der Waals surface area (Å²) in [5.41, 5.74) is 3.03. The lowest BCUT2D eigenvalue weighted by atomic mass is 10.1. The summed E-state index contributed by atoms with van der Waals surface area (Å²) in [7, 11) is 0. The van der Waals surface area contributed by atoms with Crippen LogP contribution in [0.1, 0.15) is 44.4 Å². The van der Waals surface area contributed by atoms with Gasteiger partial charge < -0.3 is 14.6 Å². The monoisotopic (exact) mass is 449 g/mol. The Kier molecular flexibility index (Phi) is 8.15. The van der Waals surface area contributed by atoms with Crippen molar-refractivity contribution in [1.82, 2.24) is 14.7 Å². The number of aromatic nitrogens is 2. The molecule has 0 spiro atoms. The van der Waals surface area contributed by atoms with Crippen LogP contribution >= 0.6 is 0 Å². The van der Waals surface area contributed by atoms with Crippen molar-refractivity contribution < 1.29 is 14.6 Å². The Morgan fingerprint density at radius 3 is 2.48 bits per heavy atom. The van der Waals surface area contributed by atoms with Crippen LogP contribution < -0.4 is 4.74 Å². The molecule has 1 saturated heterocycles. The van der Waals surface area contributed by atoms with Gasteiger partial charge in [-0.05, 0) is 49.9 Å². The van der Waals surface area contributed by atoms with Crippen LogP contribution in [-0.4, -0.2) is 51.7 Å². The van der Waals surface area contributed by atoms with Crippen LogP contribution in [0, 0.1) is 0 Å². The maximum absolute atomic E-state index is 10.5. The van der Waals surface area contributed by atoms with Crippen LogP contribution in [0.3, 0.4) is 0 Å². The highest BCUT2D eigenvalue weighted by molar-refractivity contribution is 5.43. The molecule has 0 amide bonds. The van der Waals surface area contributed by atoms with E-state index in [9.17, 15) is 5.11 Å². The van der Waals surface area contributed by atoms with E-state index in [1.807, 2.05) is 72.3 Å². The van der Waals surface area contributed by atoms with Crippen molar-refractivity contribution in [2.24, 2.45) is 0 Å². The van der Waals surface area contributed by atoms with E-state index in [0.717, 1.165) is 67.4 Å². The highest BCUT2D eigenvalue weighted by atomic mass is 16.5. The number of aliphatic hydroxyl groups excluding tert-OH is 1. The molecule has 1 N–H and O–H groups in total. The van der Waals surface area contributed by atoms with Gasteiger partial charge in [0.1, 0.15) is 5.75 Å².